The molecule has 0 atom stereocenters. The van der Waals surface area contributed by atoms with E-state index in [9.17, 15) is 0 Å². The zero-order valence-corrected chi connectivity index (χ0v) is 20.7. The molecule has 0 aliphatic heterocycles. The monoisotopic (exact) mass is 442 g/mol. The van der Waals surface area contributed by atoms with Gasteiger partial charge in [-0.1, -0.05) is 50.7 Å². The Bertz CT molecular complexity index is 639. The average Bonchev–Trinajstić information content (AvgIpc) is 3.04. The van der Waals surface area contributed by atoms with E-state index in [2.05, 4.69) is 86.0 Å². The number of hydrogen-bond acceptors (Lipinski definition) is 2. The fraction of sp³-hybridized carbons (Fsp3) is 0.300. The Labute approximate surface area is 174 Å². The molecule has 2 rings (SSSR count). The van der Waals surface area contributed by atoms with Crippen LogP contribution in [-0.2, 0) is 26.2 Å². The molecule has 2 N–H and O–H groups in total. The summed E-state index contributed by atoms with van der Waals surface area (Å²) < 4.78 is 0. The van der Waals surface area contributed by atoms with E-state index >= 15 is 0 Å². The van der Waals surface area contributed by atoms with E-state index in [-0.39, 0.29) is 26.2 Å². The van der Waals surface area contributed by atoms with Crippen molar-refractivity contribution in [1.82, 2.24) is 9.96 Å². The second kappa shape index (κ2) is 10.2. The van der Waals surface area contributed by atoms with E-state index in [4.69, 9.17) is 0 Å². The number of nitrogens with one attached hydrogen (secondary N) is 2. The van der Waals surface area contributed by atoms with E-state index in [0.717, 1.165) is 22.5 Å². The molecule has 130 valence electrons. The predicted octanol–water partition coefficient (Wildman–Crippen LogP) is 4.76. The molecular weight excluding hydrogens is 416 g/mol. The molecule has 0 fully saturated rings. The van der Waals surface area contributed by atoms with Crippen LogP contribution in [0, 0.1) is 12.2 Å². The maximum atomic E-state index is 3.57. The van der Waals surface area contributed by atoms with E-state index in [0.29, 0.717) is 0 Å². The minimum atomic E-state index is -1.23. The van der Waals surface area contributed by atoms with Crippen LogP contribution in [0.2, 0.25) is 39.3 Å². The summed E-state index contributed by atoms with van der Waals surface area (Å²) in [5, 5.41) is 0. The van der Waals surface area contributed by atoms with Gasteiger partial charge in [0.05, 0.1) is 0 Å². The first-order valence-corrected chi connectivity index (χ1v) is 15.0. The molecule has 2 aliphatic carbocycles. The minimum Gasteiger partial charge on any atom is -0.426 e. The van der Waals surface area contributed by atoms with Gasteiger partial charge >= 0.3 is 26.2 Å². The summed E-state index contributed by atoms with van der Waals surface area (Å²) in [6.07, 6.45) is 14.3. The largest absolute Gasteiger partial charge is 2.00 e. The molecule has 0 heterocycles. The van der Waals surface area contributed by atoms with Crippen molar-refractivity contribution < 1.29 is 26.2 Å². The molecular formula is C20H28N2Si2Zr. The first-order chi connectivity index (χ1) is 11.0. The van der Waals surface area contributed by atoms with Crippen LogP contribution in [0.15, 0.2) is 71.5 Å². The van der Waals surface area contributed by atoms with Crippen molar-refractivity contribution in [1.29, 1.82) is 0 Å². The van der Waals surface area contributed by atoms with Crippen molar-refractivity contribution in [3.63, 3.8) is 0 Å². The van der Waals surface area contributed by atoms with Gasteiger partial charge in [-0.2, -0.15) is 24.3 Å². The van der Waals surface area contributed by atoms with Crippen molar-refractivity contribution in [2.24, 2.45) is 0 Å². The fourth-order valence-electron chi connectivity index (χ4n) is 1.95. The number of hydrogen-bond donors (Lipinski definition) is 2. The first kappa shape index (κ1) is 23.9. The van der Waals surface area contributed by atoms with Crippen LogP contribution in [0.3, 0.4) is 0 Å². The van der Waals surface area contributed by atoms with Crippen LogP contribution in [0.25, 0.3) is 0 Å². The van der Waals surface area contributed by atoms with E-state index in [1.807, 2.05) is 24.3 Å². The van der Waals surface area contributed by atoms with Gasteiger partial charge in [0.1, 0.15) is 16.5 Å². The second-order valence-corrected chi connectivity index (χ2v) is 17.2. The molecule has 2 aliphatic rings. The van der Waals surface area contributed by atoms with Crippen LogP contribution < -0.4 is 9.96 Å². The normalized spacial score (nSPS) is 15.3. The summed E-state index contributed by atoms with van der Waals surface area (Å²) in [6.45, 7) is 20.7. The molecule has 0 amide bonds. The van der Waals surface area contributed by atoms with Crippen molar-refractivity contribution in [2.75, 3.05) is 0 Å². The third kappa shape index (κ3) is 10.5. The van der Waals surface area contributed by atoms with Crippen molar-refractivity contribution >= 4 is 16.5 Å². The first-order valence-electron chi connectivity index (χ1n) is 8.03. The van der Waals surface area contributed by atoms with Gasteiger partial charge in [-0.3, -0.25) is 0 Å². The Morgan fingerprint density at radius 1 is 0.720 bits per heavy atom. The third-order valence-electron chi connectivity index (χ3n) is 2.77. The molecule has 0 unspecified atom stereocenters. The van der Waals surface area contributed by atoms with Crippen LogP contribution in [0.5, 0.6) is 0 Å². The molecule has 25 heavy (non-hydrogen) atoms. The summed E-state index contributed by atoms with van der Waals surface area (Å²) >= 11 is 0. The summed E-state index contributed by atoms with van der Waals surface area (Å²) in [6, 6.07) is 0. The molecule has 0 aromatic rings. The predicted molar refractivity (Wildman–Crippen MR) is 110 cm³/mol. The molecule has 0 bridgehead atoms. The third-order valence-corrected chi connectivity index (χ3v) is 4.81. The Morgan fingerprint density at radius 3 is 1.24 bits per heavy atom. The van der Waals surface area contributed by atoms with E-state index in [1.165, 1.54) is 0 Å². The summed E-state index contributed by atoms with van der Waals surface area (Å²) in [5.41, 5.74) is 9.63. The van der Waals surface area contributed by atoms with Crippen LogP contribution in [0.4, 0.5) is 0 Å². The standard InChI is InChI=1S/2C10H14NSi.Zr/c2*1-5-9-6-7-10(8-9)11-12(2,3)4;/h2*6-7,11H,1H2,2-4H3;/q2*-1;+2. The Morgan fingerprint density at radius 2 is 1.04 bits per heavy atom. The SMILES string of the molecule is C=C=C1[C-]=C(N[Si](C)(C)C)C=C1.C=C=C1[C-]=C(N[Si](C)(C)C)C=C1.[Zr+2]. The zero-order chi connectivity index (χ0) is 18.4. The molecule has 0 aromatic carbocycles. The minimum absolute atomic E-state index is 0. The summed E-state index contributed by atoms with van der Waals surface area (Å²) in [5.74, 6) is 0. The molecule has 0 radical (unpaired) electrons. The topological polar surface area (TPSA) is 24.1 Å². The molecule has 2 nitrogen and oxygen atoms in total. The van der Waals surface area contributed by atoms with Gasteiger partial charge in [0.15, 0.2) is 0 Å². The quantitative estimate of drug-likeness (QED) is 0.372. The molecule has 0 aromatic heterocycles. The summed E-state index contributed by atoms with van der Waals surface area (Å²) in [7, 11) is -2.45. The molecule has 0 saturated carbocycles. The maximum Gasteiger partial charge on any atom is 2.00 e. The van der Waals surface area contributed by atoms with Gasteiger partial charge in [0.25, 0.3) is 0 Å². The van der Waals surface area contributed by atoms with Crippen molar-refractivity contribution in [3.05, 3.63) is 83.6 Å². The molecule has 0 saturated heterocycles. The van der Waals surface area contributed by atoms with Gasteiger partial charge in [-0.05, 0) is 0 Å². The zero-order valence-electron chi connectivity index (χ0n) is 16.2. The Balaban J connectivity index is 0.000000443. The van der Waals surface area contributed by atoms with Crippen LogP contribution >= 0.6 is 0 Å². The van der Waals surface area contributed by atoms with Crippen LogP contribution in [0.1, 0.15) is 0 Å². The van der Waals surface area contributed by atoms with Gasteiger partial charge in [-0.25, -0.2) is 11.5 Å². The van der Waals surface area contributed by atoms with E-state index in [1.54, 1.807) is 0 Å². The average molecular weight is 444 g/mol. The second-order valence-electron chi connectivity index (χ2n) is 7.67. The summed E-state index contributed by atoms with van der Waals surface area (Å²) in [4.78, 5) is 6.90. The maximum absolute atomic E-state index is 3.57. The van der Waals surface area contributed by atoms with Gasteiger partial charge in [0, 0.05) is 0 Å². The van der Waals surface area contributed by atoms with E-state index < -0.39 is 16.5 Å². The smallest absolute Gasteiger partial charge is 0.426 e. The van der Waals surface area contributed by atoms with Crippen LogP contribution in [-0.4, -0.2) is 16.5 Å². The Kier molecular flexibility index (Phi) is 9.72. The molecule has 0 spiro atoms. The van der Waals surface area contributed by atoms with Crippen molar-refractivity contribution in [2.45, 2.75) is 39.3 Å². The Hall–Kier alpha value is -1.08. The number of rotatable bonds is 4. The number of allylic oxidation sites excluding steroid dienone is 8. The van der Waals surface area contributed by atoms with Gasteiger partial charge in [0.2, 0.25) is 0 Å². The van der Waals surface area contributed by atoms with Crippen molar-refractivity contribution in [3.8, 4) is 0 Å². The van der Waals surface area contributed by atoms with Gasteiger partial charge < -0.3 is 9.96 Å². The fourth-order valence-corrected chi connectivity index (χ4v) is 3.86. The van der Waals surface area contributed by atoms with Gasteiger partial charge in [-0.15, -0.1) is 36.5 Å². The molecule has 5 heteroatoms.